The van der Waals surface area contributed by atoms with Crippen molar-refractivity contribution in [1.29, 1.82) is 0 Å². The molecule has 1 amide bonds. The number of carbonyl (C=O) groups excluding carboxylic acids is 1. The molecule has 0 aliphatic carbocycles. The summed E-state index contributed by atoms with van der Waals surface area (Å²) < 4.78 is 10.8. The Hall–Kier alpha value is -4.20. The second kappa shape index (κ2) is 7.43. The van der Waals surface area contributed by atoms with E-state index in [2.05, 4.69) is 10.3 Å². The maximum absolute atomic E-state index is 12.6. The van der Waals surface area contributed by atoms with E-state index in [1.165, 1.54) is 18.2 Å². The summed E-state index contributed by atoms with van der Waals surface area (Å²) in [6.45, 7) is 0. The van der Waals surface area contributed by atoms with Crippen LogP contribution in [0.4, 0.5) is 11.4 Å². The number of hydrogen-bond acceptors (Lipinski definition) is 6. The first-order valence-corrected chi connectivity index (χ1v) is 8.65. The van der Waals surface area contributed by atoms with Crippen molar-refractivity contribution >= 4 is 28.4 Å². The number of rotatable bonds is 5. The molecule has 0 fully saturated rings. The third-order valence-electron chi connectivity index (χ3n) is 4.34. The molecule has 4 aromatic rings. The van der Waals surface area contributed by atoms with Crippen molar-refractivity contribution in [2.75, 3.05) is 12.4 Å². The van der Waals surface area contributed by atoms with Crippen molar-refractivity contribution in [1.82, 2.24) is 4.98 Å². The minimum Gasteiger partial charge on any atom is -0.497 e. The van der Waals surface area contributed by atoms with Crippen LogP contribution < -0.4 is 10.1 Å². The smallest absolute Gasteiger partial charge is 0.273 e. The summed E-state index contributed by atoms with van der Waals surface area (Å²) >= 11 is 0. The van der Waals surface area contributed by atoms with Crippen molar-refractivity contribution in [3.05, 3.63) is 82.4 Å². The summed E-state index contributed by atoms with van der Waals surface area (Å²) in [7, 11) is 1.56. The Bertz CT molecular complexity index is 1210. The van der Waals surface area contributed by atoms with Gasteiger partial charge in [-0.25, -0.2) is 4.98 Å². The molecule has 0 unspecified atom stereocenters. The highest BCUT2D eigenvalue weighted by molar-refractivity contribution is 6.06. The molecule has 8 nitrogen and oxygen atoms in total. The molecule has 0 aliphatic rings. The SMILES string of the molecule is COc1ccc(C(=O)Nc2ccccc2-c2nc3ccc([N+](=O)[O-])cc3o2)cc1. The van der Waals surface area contributed by atoms with Crippen LogP contribution in [0.2, 0.25) is 0 Å². The lowest BCUT2D eigenvalue weighted by molar-refractivity contribution is -0.384. The maximum Gasteiger partial charge on any atom is 0.273 e. The summed E-state index contributed by atoms with van der Waals surface area (Å²) in [5, 5.41) is 13.8. The van der Waals surface area contributed by atoms with Crippen molar-refractivity contribution in [3.63, 3.8) is 0 Å². The summed E-state index contributed by atoms with van der Waals surface area (Å²) in [5.74, 6) is 0.612. The van der Waals surface area contributed by atoms with E-state index in [0.717, 1.165) is 0 Å². The Kier molecular flexibility index (Phi) is 4.66. The Morgan fingerprint density at radius 3 is 2.59 bits per heavy atom. The normalized spacial score (nSPS) is 10.7. The summed E-state index contributed by atoms with van der Waals surface area (Å²) in [6.07, 6.45) is 0. The molecule has 0 bridgehead atoms. The molecule has 0 aliphatic heterocycles. The van der Waals surface area contributed by atoms with E-state index in [9.17, 15) is 14.9 Å². The van der Waals surface area contributed by atoms with E-state index in [1.54, 1.807) is 55.6 Å². The van der Waals surface area contributed by atoms with Gasteiger partial charge < -0.3 is 14.5 Å². The lowest BCUT2D eigenvalue weighted by Gasteiger charge is -2.09. The highest BCUT2D eigenvalue weighted by Crippen LogP contribution is 2.31. The molecule has 1 heterocycles. The van der Waals surface area contributed by atoms with Gasteiger partial charge in [0.05, 0.1) is 29.4 Å². The molecular weight excluding hydrogens is 374 g/mol. The fraction of sp³-hybridized carbons (Fsp3) is 0.0476. The Morgan fingerprint density at radius 2 is 1.86 bits per heavy atom. The number of nitrogens with zero attached hydrogens (tertiary/aromatic N) is 2. The van der Waals surface area contributed by atoms with Gasteiger partial charge >= 0.3 is 0 Å². The van der Waals surface area contributed by atoms with Gasteiger partial charge in [-0.15, -0.1) is 0 Å². The number of hydrogen-bond donors (Lipinski definition) is 1. The topological polar surface area (TPSA) is 108 Å². The average Bonchev–Trinajstić information content (AvgIpc) is 3.17. The van der Waals surface area contributed by atoms with Crippen molar-refractivity contribution < 1.29 is 18.9 Å². The van der Waals surface area contributed by atoms with Crippen LogP contribution in [0.3, 0.4) is 0 Å². The lowest BCUT2D eigenvalue weighted by Crippen LogP contribution is -2.12. The molecule has 3 aromatic carbocycles. The van der Waals surface area contributed by atoms with Crippen molar-refractivity contribution in [2.45, 2.75) is 0 Å². The summed E-state index contributed by atoms with van der Waals surface area (Å²) in [6, 6.07) is 18.0. The number of fused-ring (bicyclic) bond motifs is 1. The van der Waals surface area contributed by atoms with E-state index in [4.69, 9.17) is 9.15 Å². The van der Waals surface area contributed by atoms with Gasteiger partial charge in [0, 0.05) is 11.6 Å². The molecule has 4 rings (SSSR count). The number of carbonyl (C=O) groups is 1. The number of ether oxygens (including phenoxy) is 1. The zero-order valence-electron chi connectivity index (χ0n) is 15.3. The van der Waals surface area contributed by atoms with E-state index < -0.39 is 4.92 Å². The first-order valence-electron chi connectivity index (χ1n) is 8.65. The molecular formula is C21H15N3O5. The number of nitrogens with one attached hydrogen (secondary N) is 1. The number of nitro groups is 1. The quantitative estimate of drug-likeness (QED) is 0.393. The Balaban J connectivity index is 1.66. The Morgan fingerprint density at radius 1 is 1.10 bits per heavy atom. The number of aromatic nitrogens is 1. The fourth-order valence-corrected chi connectivity index (χ4v) is 2.86. The molecule has 0 saturated heterocycles. The predicted octanol–water partition coefficient (Wildman–Crippen LogP) is 4.66. The third-order valence-corrected chi connectivity index (χ3v) is 4.34. The highest BCUT2D eigenvalue weighted by Gasteiger charge is 2.16. The van der Waals surface area contributed by atoms with E-state index in [-0.39, 0.29) is 17.5 Å². The number of non-ortho nitro benzene ring substituents is 1. The number of oxazole rings is 1. The average molecular weight is 389 g/mol. The molecule has 0 radical (unpaired) electrons. The Labute approximate surface area is 164 Å². The van der Waals surface area contributed by atoms with Gasteiger partial charge in [-0.1, -0.05) is 12.1 Å². The minimum absolute atomic E-state index is 0.0821. The number of nitro benzene ring substituents is 1. The first-order chi connectivity index (χ1) is 14.0. The van der Waals surface area contributed by atoms with Crippen molar-refractivity contribution in [2.24, 2.45) is 0 Å². The van der Waals surface area contributed by atoms with Crippen LogP contribution in [0.5, 0.6) is 5.75 Å². The van der Waals surface area contributed by atoms with Gasteiger partial charge in [0.25, 0.3) is 11.6 Å². The van der Waals surface area contributed by atoms with Crippen LogP contribution >= 0.6 is 0 Å². The van der Waals surface area contributed by atoms with Gasteiger partial charge in [0.2, 0.25) is 5.89 Å². The third kappa shape index (κ3) is 3.63. The number of amides is 1. The van der Waals surface area contributed by atoms with Crippen LogP contribution in [0.15, 0.2) is 71.1 Å². The lowest BCUT2D eigenvalue weighted by atomic mass is 10.1. The van der Waals surface area contributed by atoms with Gasteiger partial charge in [-0.05, 0) is 42.5 Å². The molecule has 0 atom stereocenters. The second-order valence-electron chi connectivity index (χ2n) is 6.16. The monoisotopic (exact) mass is 389 g/mol. The van der Waals surface area contributed by atoms with Crippen LogP contribution in [-0.2, 0) is 0 Å². The van der Waals surface area contributed by atoms with E-state index >= 15 is 0 Å². The largest absolute Gasteiger partial charge is 0.497 e. The van der Waals surface area contributed by atoms with E-state index in [1.807, 2.05) is 0 Å². The maximum atomic E-state index is 12.6. The molecule has 1 aromatic heterocycles. The van der Waals surface area contributed by atoms with Crippen LogP contribution in [0, 0.1) is 10.1 Å². The first kappa shape index (κ1) is 18.2. The minimum atomic E-state index is -0.495. The number of anilines is 1. The summed E-state index contributed by atoms with van der Waals surface area (Å²) in [4.78, 5) is 27.5. The number of para-hydroxylation sites is 1. The summed E-state index contributed by atoms with van der Waals surface area (Å²) in [5.41, 5.74) is 2.24. The number of benzene rings is 3. The van der Waals surface area contributed by atoms with Crippen molar-refractivity contribution in [3.8, 4) is 17.2 Å². The molecule has 29 heavy (non-hydrogen) atoms. The molecule has 0 spiro atoms. The predicted molar refractivity (Wildman–Crippen MR) is 107 cm³/mol. The molecule has 144 valence electrons. The van der Waals surface area contributed by atoms with Gasteiger partial charge in [0.1, 0.15) is 11.3 Å². The fourth-order valence-electron chi connectivity index (χ4n) is 2.86. The van der Waals surface area contributed by atoms with Crippen LogP contribution in [0.25, 0.3) is 22.6 Å². The molecule has 1 N–H and O–H groups in total. The zero-order valence-corrected chi connectivity index (χ0v) is 15.3. The molecule has 8 heteroatoms. The van der Waals surface area contributed by atoms with Gasteiger partial charge in [-0.2, -0.15) is 0 Å². The standard InChI is InChI=1S/C21H15N3O5/c1-28-15-9-6-13(7-10-15)20(25)22-17-5-3-2-4-16(17)21-23-18-11-8-14(24(26)27)12-19(18)29-21/h2-12H,1H3,(H,22,25). The van der Waals surface area contributed by atoms with Gasteiger partial charge in [0.15, 0.2) is 5.58 Å². The number of methoxy groups -OCH3 is 1. The molecule has 0 saturated carbocycles. The second-order valence-corrected chi connectivity index (χ2v) is 6.16. The van der Waals surface area contributed by atoms with Gasteiger partial charge in [-0.3, -0.25) is 14.9 Å². The zero-order chi connectivity index (χ0) is 20.4. The van der Waals surface area contributed by atoms with Crippen LogP contribution in [-0.4, -0.2) is 22.9 Å². The van der Waals surface area contributed by atoms with E-state index in [0.29, 0.717) is 33.7 Å². The van der Waals surface area contributed by atoms with Crippen LogP contribution in [0.1, 0.15) is 10.4 Å². The highest BCUT2D eigenvalue weighted by atomic mass is 16.6.